The minimum Gasteiger partial charge on any atom is -0.507 e. The molecule has 192 valence electrons. The van der Waals surface area contributed by atoms with Gasteiger partial charge in [-0.15, -0.1) is 0 Å². The summed E-state index contributed by atoms with van der Waals surface area (Å²) in [5.41, 5.74) is 2.98. The van der Waals surface area contributed by atoms with Crippen LogP contribution in [0.2, 0.25) is 0 Å². The highest BCUT2D eigenvalue weighted by Gasteiger charge is 2.46. The summed E-state index contributed by atoms with van der Waals surface area (Å²) in [6.07, 6.45) is 3.28. The molecule has 2 heterocycles. The second kappa shape index (κ2) is 11.2. The third-order valence-electron chi connectivity index (χ3n) is 6.64. The molecule has 1 aliphatic rings. The van der Waals surface area contributed by atoms with E-state index in [-0.39, 0.29) is 17.9 Å². The molecule has 1 N–H and O–H groups in total. The number of benzene rings is 2. The quantitative estimate of drug-likeness (QED) is 0.261. The number of ketones is 1. The minimum atomic E-state index is -0.771. The van der Waals surface area contributed by atoms with Crippen LogP contribution in [0.3, 0.4) is 0 Å². The number of aromatic nitrogens is 1. The Bertz CT molecular complexity index is 1300. The molecule has 0 saturated carbocycles. The highest BCUT2D eigenvalue weighted by atomic mass is 16.5. The Morgan fingerprint density at radius 1 is 0.946 bits per heavy atom. The molecule has 1 atom stereocenters. The van der Waals surface area contributed by atoms with E-state index in [9.17, 15) is 14.7 Å². The number of methoxy groups -OCH3 is 2. The standard InChI is InChI=1S/C29H31N3O5/c1-5-31(6-2)22-10-7-20(8-11-22)26-25(27(33)21-9-12-23(36-3)24(17-21)37-4)28(34)29(35)32(26)18-19-13-15-30-16-14-19/h7-17,26,33H,5-6,18H2,1-4H3/b27-25-. The number of amides is 1. The minimum absolute atomic E-state index is 0.0295. The summed E-state index contributed by atoms with van der Waals surface area (Å²) in [5, 5.41) is 11.4. The molecule has 8 heteroatoms. The molecular formula is C29H31N3O5. The molecule has 8 nitrogen and oxygen atoms in total. The molecule has 1 unspecified atom stereocenters. The van der Waals surface area contributed by atoms with Crippen LogP contribution in [0.1, 0.15) is 36.6 Å². The molecule has 0 spiro atoms. The van der Waals surface area contributed by atoms with Crippen LogP contribution in [0.5, 0.6) is 11.5 Å². The lowest BCUT2D eigenvalue weighted by atomic mass is 9.94. The van der Waals surface area contributed by atoms with Gasteiger partial charge in [0.05, 0.1) is 25.8 Å². The lowest BCUT2D eigenvalue weighted by molar-refractivity contribution is -0.140. The predicted octanol–water partition coefficient (Wildman–Crippen LogP) is 4.57. The van der Waals surface area contributed by atoms with E-state index < -0.39 is 17.7 Å². The van der Waals surface area contributed by atoms with Crippen molar-refractivity contribution in [2.75, 3.05) is 32.2 Å². The summed E-state index contributed by atoms with van der Waals surface area (Å²) in [6.45, 7) is 6.08. The summed E-state index contributed by atoms with van der Waals surface area (Å²) in [6, 6.07) is 15.5. The van der Waals surface area contributed by atoms with Gasteiger partial charge in [0.25, 0.3) is 11.7 Å². The van der Waals surface area contributed by atoms with E-state index in [1.807, 2.05) is 24.3 Å². The van der Waals surface area contributed by atoms with Crippen LogP contribution in [-0.4, -0.2) is 54.0 Å². The van der Waals surface area contributed by atoms with Gasteiger partial charge >= 0.3 is 0 Å². The zero-order valence-electron chi connectivity index (χ0n) is 21.5. The Balaban J connectivity index is 1.85. The van der Waals surface area contributed by atoms with E-state index >= 15 is 0 Å². The number of rotatable bonds is 9. The van der Waals surface area contributed by atoms with Crippen molar-refractivity contribution < 1.29 is 24.2 Å². The van der Waals surface area contributed by atoms with E-state index in [0.29, 0.717) is 17.1 Å². The molecule has 0 radical (unpaired) electrons. The van der Waals surface area contributed by atoms with E-state index in [1.165, 1.54) is 19.1 Å². The van der Waals surface area contributed by atoms with Gasteiger partial charge in [-0.3, -0.25) is 14.6 Å². The first kappa shape index (κ1) is 25.8. The average Bonchev–Trinajstić information content (AvgIpc) is 3.18. The number of aliphatic hydroxyl groups is 1. The number of likely N-dealkylation sites (tertiary alicyclic amines) is 1. The lowest BCUT2D eigenvalue weighted by Crippen LogP contribution is -2.29. The highest BCUT2D eigenvalue weighted by molar-refractivity contribution is 6.46. The third-order valence-corrected chi connectivity index (χ3v) is 6.64. The van der Waals surface area contributed by atoms with Crippen molar-refractivity contribution in [2.45, 2.75) is 26.4 Å². The van der Waals surface area contributed by atoms with Gasteiger partial charge in [0.15, 0.2) is 11.5 Å². The Hall–Kier alpha value is -4.33. The maximum Gasteiger partial charge on any atom is 0.295 e. The SMILES string of the molecule is CCN(CC)c1ccc(C2/C(=C(/O)c3ccc(OC)c(OC)c3)C(=O)C(=O)N2Cc2ccncc2)cc1. The number of hydrogen-bond donors (Lipinski definition) is 1. The maximum atomic E-state index is 13.4. The van der Waals surface area contributed by atoms with E-state index in [4.69, 9.17) is 9.47 Å². The molecule has 37 heavy (non-hydrogen) atoms. The van der Waals surface area contributed by atoms with Crippen LogP contribution in [0, 0.1) is 0 Å². The van der Waals surface area contributed by atoms with Crippen LogP contribution >= 0.6 is 0 Å². The highest BCUT2D eigenvalue weighted by Crippen LogP contribution is 2.41. The summed E-state index contributed by atoms with van der Waals surface area (Å²) >= 11 is 0. The monoisotopic (exact) mass is 501 g/mol. The Labute approximate surface area is 216 Å². The number of carbonyl (C=O) groups is 2. The van der Waals surface area contributed by atoms with Crippen LogP contribution in [-0.2, 0) is 16.1 Å². The van der Waals surface area contributed by atoms with Gasteiger partial charge in [0.2, 0.25) is 0 Å². The Kier molecular flexibility index (Phi) is 7.77. The van der Waals surface area contributed by atoms with Gasteiger partial charge in [0, 0.05) is 43.3 Å². The molecule has 3 aromatic rings. The summed E-state index contributed by atoms with van der Waals surface area (Å²) < 4.78 is 10.7. The van der Waals surface area contributed by atoms with Crippen molar-refractivity contribution in [2.24, 2.45) is 0 Å². The van der Waals surface area contributed by atoms with Crippen LogP contribution in [0.4, 0.5) is 5.69 Å². The molecule has 1 saturated heterocycles. The third kappa shape index (κ3) is 5.00. The van der Waals surface area contributed by atoms with E-state index in [2.05, 4.69) is 23.7 Å². The summed E-state index contributed by atoms with van der Waals surface area (Å²) in [4.78, 5) is 34.4. The Morgan fingerprint density at radius 3 is 2.19 bits per heavy atom. The first-order chi connectivity index (χ1) is 17.9. The number of aliphatic hydroxyl groups excluding tert-OH is 1. The number of hydrogen-bond acceptors (Lipinski definition) is 7. The molecule has 1 fully saturated rings. The molecule has 1 amide bonds. The second-order valence-corrected chi connectivity index (χ2v) is 8.62. The zero-order chi connectivity index (χ0) is 26.5. The topological polar surface area (TPSA) is 92.2 Å². The fraction of sp³-hybridized carbons (Fsp3) is 0.276. The van der Waals surface area contributed by atoms with E-state index in [0.717, 1.165) is 29.9 Å². The fourth-order valence-electron chi connectivity index (χ4n) is 4.67. The van der Waals surface area contributed by atoms with Crippen molar-refractivity contribution >= 4 is 23.1 Å². The molecule has 2 aromatic carbocycles. The zero-order valence-corrected chi connectivity index (χ0v) is 21.5. The van der Waals surface area contributed by atoms with E-state index in [1.54, 1.807) is 42.7 Å². The average molecular weight is 502 g/mol. The second-order valence-electron chi connectivity index (χ2n) is 8.62. The van der Waals surface area contributed by atoms with Crippen LogP contribution in [0.15, 0.2) is 72.6 Å². The van der Waals surface area contributed by atoms with Crippen molar-refractivity contribution in [1.29, 1.82) is 0 Å². The van der Waals surface area contributed by atoms with Crippen molar-refractivity contribution in [3.05, 3.63) is 89.3 Å². The van der Waals surface area contributed by atoms with Gasteiger partial charge < -0.3 is 24.4 Å². The first-order valence-corrected chi connectivity index (χ1v) is 12.2. The van der Waals surface area contributed by atoms with Crippen molar-refractivity contribution in [1.82, 2.24) is 9.88 Å². The maximum absolute atomic E-state index is 13.4. The number of carbonyl (C=O) groups excluding carboxylic acids is 2. The van der Waals surface area contributed by atoms with Gasteiger partial charge in [-0.1, -0.05) is 12.1 Å². The summed E-state index contributed by atoms with van der Waals surface area (Å²) in [5.74, 6) is -0.788. The predicted molar refractivity (Wildman–Crippen MR) is 142 cm³/mol. The van der Waals surface area contributed by atoms with Crippen LogP contribution in [0.25, 0.3) is 5.76 Å². The number of Topliss-reactive ketones (excluding diaryl/α,β-unsaturated/α-hetero) is 1. The molecular weight excluding hydrogens is 470 g/mol. The first-order valence-electron chi connectivity index (χ1n) is 12.2. The normalized spacial score (nSPS) is 16.6. The summed E-state index contributed by atoms with van der Waals surface area (Å²) in [7, 11) is 3.01. The fourth-order valence-corrected chi connectivity index (χ4v) is 4.67. The van der Waals surface area contributed by atoms with Gasteiger partial charge in [-0.2, -0.15) is 0 Å². The largest absolute Gasteiger partial charge is 0.507 e. The number of pyridine rings is 1. The van der Waals surface area contributed by atoms with Crippen molar-refractivity contribution in [3.8, 4) is 11.5 Å². The van der Waals surface area contributed by atoms with Gasteiger partial charge in [0.1, 0.15) is 5.76 Å². The molecule has 0 bridgehead atoms. The van der Waals surface area contributed by atoms with Gasteiger partial charge in [-0.25, -0.2) is 0 Å². The Morgan fingerprint density at radius 2 is 1.59 bits per heavy atom. The van der Waals surface area contributed by atoms with Crippen LogP contribution < -0.4 is 14.4 Å². The molecule has 0 aliphatic carbocycles. The number of ether oxygens (including phenoxy) is 2. The van der Waals surface area contributed by atoms with Crippen molar-refractivity contribution in [3.63, 3.8) is 0 Å². The lowest BCUT2D eigenvalue weighted by Gasteiger charge is -2.27. The number of nitrogens with zero attached hydrogens (tertiary/aromatic N) is 3. The number of anilines is 1. The smallest absolute Gasteiger partial charge is 0.295 e. The molecule has 4 rings (SSSR count). The molecule has 1 aliphatic heterocycles. The van der Waals surface area contributed by atoms with Gasteiger partial charge in [-0.05, 0) is 67.4 Å². The molecule has 1 aromatic heterocycles.